The number of hydrogen-bond acceptors (Lipinski definition) is 4. The average molecular weight is 625 g/mol. The molecule has 0 aliphatic rings. The summed E-state index contributed by atoms with van der Waals surface area (Å²) in [5, 5.41) is 9.08. The Morgan fingerprint density at radius 3 is 2.41 bits per heavy atom. The molecular formula is C22H13BrCl5N3O3. The van der Waals surface area contributed by atoms with Crippen LogP contribution in [0, 0.1) is 0 Å². The van der Waals surface area contributed by atoms with Gasteiger partial charge >= 0.3 is 0 Å². The van der Waals surface area contributed by atoms with Crippen molar-refractivity contribution in [2.75, 3.05) is 5.32 Å². The first kappa shape index (κ1) is 25.2. The van der Waals surface area contributed by atoms with Crippen molar-refractivity contribution in [1.82, 2.24) is 9.78 Å². The molecule has 0 unspecified atom stereocenters. The molecule has 0 radical (unpaired) electrons. The lowest BCUT2D eigenvalue weighted by molar-refractivity contribution is 0.0992. The summed E-state index contributed by atoms with van der Waals surface area (Å²) in [6.45, 7) is 0.400. The van der Waals surface area contributed by atoms with Crippen molar-refractivity contribution in [3.05, 3.63) is 95.3 Å². The van der Waals surface area contributed by atoms with Gasteiger partial charge in [0, 0.05) is 21.3 Å². The number of aromatic nitrogens is 2. The zero-order chi connectivity index (χ0) is 24.4. The molecule has 1 N–H and O–H groups in total. The highest BCUT2D eigenvalue weighted by Crippen LogP contribution is 2.36. The molecule has 0 fully saturated rings. The maximum Gasteiger partial charge on any atom is 0.292 e. The lowest BCUT2D eigenvalue weighted by atomic mass is 10.2. The molecule has 0 saturated carbocycles. The van der Waals surface area contributed by atoms with Gasteiger partial charge in [-0.15, -0.1) is 0 Å². The zero-order valence-corrected chi connectivity index (χ0v) is 22.3. The first-order chi connectivity index (χ1) is 16.2. The van der Waals surface area contributed by atoms with Crippen molar-refractivity contribution in [2.24, 2.45) is 0 Å². The van der Waals surface area contributed by atoms with E-state index in [-0.39, 0.29) is 28.2 Å². The first-order valence-electron chi connectivity index (χ1n) is 9.54. The van der Waals surface area contributed by atoms with Crippen LogP contribution in [0.25, 0.3) is 0 Å². The van der Waals surface area contributed by atoms with Crippen molar-refractivity contribution in [3.63, 3.8) is 0 Å². The Labute approximate surface area is 227 Å². The SMILES string of the molecule is O=C(Nc1nn(Cc2ccc(Cl)cc2Cl)cc1Br)c1ccc(COc2c(Cl)cc(Cl)cc2Cl)o1. The first-order valence-corrected chi connectivity index (χ1v) is 12.2. The third-order valence-corrected chi connectivity index (χ3v) is 6.45. The van der Waals surface area contributed by atoms with Gasteiger partial charge in [0.25, 0.3) is 5.91 Å². The van der Waals surface area contributed by atoms with Gasteiger partial charge in [-0.05, 0) is 57.9 Å². The molecule has 12 heteroatoms. The molecule has 0 bridgehead atoms. The Morgan fingerprint density at radius 2 is 1.71 bits per heavy atom. The third-order valence-electron chi connectivity index (χ3n) is 4.50. The Hall–Kier alpha value is -1.87. The molecule has 1 amide bonds. The molecule has 0 spiro atoms. The van der Waals surface area contributed by atoms with Crippen LogP contribution in [-0.4, -0.2) is 15.7 Å². The van der Waals surface area contributed by atoms with E-state index in [1.165, 1.54) is 18.2 Å². The van der Waals surface area contributed by atoms with Gasteiger partial charge in [0.05, 0.1) is 21.1 Å². The monoisotopic (exact) mass is 621 g/mol. The number of nitrogens with zero attached hydrogens (tertiary/aromatic N) is 2. The molecule has 4 rings (SSSR count). The van der Waals surface area contributed by atoms with Gasteiger partial charge in [0.15, 0.2) is 17.3 Å². The minimum atomic E-state index is -0.482. The number of ether oxygens (including phenoxy) is 1. The number of rotatable bonds is 7. The number of amides is 1. The molecule has 2 aromatic heterocycles. The molecule has 34 heavy (non-hydrogen) atoms. The molecule has 6 nitrogen and oxygen atoms in total. The lowest BCUT2D eigenvalue weighted by Crippen LogP contribution is -2.12. The van der Waals surface area contributed by atoms with Gasteiger partial charge < -0.3 is 14.5 Å². The van der Waals surface area contributed by atoms with E-state index in [1.807, 2.05) is 6.07 Å². The standard InChI is InChI=1S/C22H13BrCl5N3O3/c23-15-9-31(8-11-1-2-12(24)5-16(11)26)30-21(15)29-22(32)19-4-3-14(34-19)10-33-20-17(27)6-13(25)7-18(20)28/h1-7,9H,8,10H2,(H,29,30,32). The van der Waals surface area contributed by atoms with Crippen LogP contribution in [-0.2, 0) is 13.2 Å². The van der Waals surface area contributed by atoms with Gasteiger partial charge in [-0.25, -0.2) is 0 Å². The van der Waals surface area contributed by atoms with Gasteiger partial charge in [-0.2, -0.15) is 5.10 Å². The van der Waals surface area contributed by atoms with Crippen molar-refractivity contribution in [1.29, 1.82) is 0 Å². The Balaban J connectivity index is 1.40. The smallest absolute Gasteiger partial charge is 0.292 e. The average Bonchev–Trinajstić information content (AvgIpc) is 3.36. The summed E-state index contributed by atoms with van der Waals surface area (Å²) in [6.07, 6.45) is 1.72. The molecule has 176 valence electrons. The van der Waals surface area contributed by atoms with Gasteiger partial charge in [-0.1, -0.05) is 64.1 Å². The topological polar surface area (TPSA) is 69.3 Å². The number of benzene rings is 2. The maximum atomic E-state index is 12.7. The van der Waals surface area contributed by atoms with Crippen molar-refractivity contribution < 1.29 is 13.9 Å². The van der Waals surface area contributed by atoms with Crippen LogP contribution < -0.4 is 10.1 Å². The molecule has 0 aliphatic heterocycles. The molecule has 2 heterocycles. The second-order valence-electron chi connectivity index (χ2n) is 6.97. The number of carbonyl (C=O) groups is 1. The van der Waals surface area contributed by atoms with Crippen LogP contribution in [0.15, 0.2) is 57.6 Å². The highest BCUT2D eigenvalue weighted by Gasteiger charge is 2.17. The van der Waals surface area contributed by atoms with E-state index in [4.69, 9.17) is 67.2 Å². The van der Waals surface area contributed by atoms with Crippen LogP contribution in [0.2, 0.25) is 25.1 Å². The number of furan rings is 1. The Kier molecular flexibility index (Phi) is 8.02. The lowest BCUT2D eigenvalue weighted by Gasteiger charge is -2.09. The van der Waals surface area contributed by atoms with E-state index in [0.717, 1.165) is 5.56 Å². The van der Waals surface area contributed by atoms with E-state index < -0.39 is 5.91 Å². The van der Waals surface area contributed by atoms with E-state index >= 15 is 0 Å². The summed E-state index contributed by atoms with van der Waals surface area (Å²) in [6, 6.07) is 11.4. The minimum Gasteiger partial charge on any atom is -0.483 e. The van der Waals surface area contributed by atoms with Crippen LogP contribution in [0.5, 0.6) is 5.75 Å². The fourth-order valence-corrected chi connectivity index (χ4v) is 4.75. The maximum absolute atomic E-state index is 12.7. The molecule has 0 atom stereocenters. The molecule has 4 aromatic rings. The van der Waals surface area contributed by atoms with E-state index in [1.54, 1.807) is 29.1 Å². The number of carbonyl (C=O) groups excluding carboxylic acids is 1. The summed E-state index contributed by atoms with van der Waals surface area (Å²) in [5.74, 6) is 0.585. The Morgan fingerprint density at radius 1 is 1.00 bits per heavy atom. The van der Waals surface area contributed by atoms with Crippen molar-refractivity contribution >= 4 is 85.7 Å². The van der Waals surface area contributed by atoms with Crippen LogP contribution in [0.1, 0.15) is 21.9 Å². The zero-order valence-electron chi connectivity index (χ0n) is 16.9. The minimum absolute atomic E-state index is 0.00846. The van der Waals surface area contributed by atoms with Crippen LogP contribution in [0.3, 0.4) is 0 Å². The van der Waals surface area contributed by atoms with Gasteiger partial charge in [0.2, 0.25) is 0 Å². The molecule has 0 saturated heterocycles. The van der Waals surface area contributed by atoms with Gasteiger partial charge in [-0.3, -0.25) is 9.48 Å². The number of halogens is 6. The molecule has 0 aliphatic carbocycles. The van der Waals surface area contributed by atoms with Crippen LogP contribution in [0.4, 0.5) is 5.82 Å². The fourth-order valence-electron chi connectivity index (χ4n) is 2.94. The van der Waals surface area contributed by atoms with Crippen molar-refractivity contribution in [3.8, 4) is 5.75 Å². The quantitative estimate of drug-likeness (QED) is 0.224. The van der Waals surface area contributed by atoms with E-state index in [2.05, 4.69) is 26.3 Å². The summed E-state index contributed by atoms with van der Waals surface area (Å²) in [4.78, 5) is 12.7. The number of nitrogens with one attached hydrogen (secondary N) is 1. The molecule has 2 aromatic carbocycles. The normalized spacial score (nSPS) is 11.0. The number of anilines is 1. The predicted molar refractivity (Wildman–Crippen MR) is 138 cm³/mol. The number of hydrogen-bond donors (Lipinski definition) is 1. The van der Waals surface area contributed by atoms with E-state index in [9.17, 15) is 4.79 Å². The largest absolute Gasteiger partial charge is 0.483 e. The highest BCUT2D eigenvalue weighted by molar-refractivity contribution is 9.10. The summed E-state index contributed by atoms with van der Waals surface area (Å²) < 4.78 is 13.4. The van der Waals surface area contributed by atoms with Gasteiger partial charge in [0.1, 0.15) is 12.4 Å². The summed E-state index contributed by atoms with van der Waals surface area (Å²) in [7, 11) is 0. The van der Waals surface area contributed by atoms with Crippen LogP contribution >= 0.6 is 73.9 Å². The fraction of sp³-hybridized carbons (Fsp3) is 0.0909. The summed E-state index contributed by atoms with van der Waals surface area (Å²) >= 11 is 33.7. The highest BCUT2D eigenvalue weighted by atomic mass is 79.9. The second kappa shape index (κ2) is 10.8. The van der Waals surface area contributed by atoms with Crippen molar-refractivity contribution in [2.45, 2.75) is 13.2 Å². The summed E-state index contributed by atoms with van der Waals surface area (Å²) in [5.41, 5.74) is 0.829. The second-order valence-corrected chi connectivity index (χ2v) is 9.92. The van der Waals surface area contributed by atoms with E-state index in [0.29, 0.717) is 37.7 Å². The predicted octanol–water partition coefficient (Wildman–Crippen LogP) is 8.39. The molecular weight excluding hydrogens is 611 g/mol. The Bertz CT molecular complexity index is 1350. The third kappa shape index (κ3) is 6.03.